The molecule has 3 aromatic rings. The van der Waals surface area contributed by atoms with E-state index in [4.69, 9.17) is 0 Å². The molecule has 0 amide bonds. The van der Waals surface area contributed by atoms with Crippen LogP contribution in [0.3, 0.4) is 0 Å². The predicted molar refractivity (Wildman–Crippen MR) is 82.8 cm³/mol. The molecule has 0 saturated carbocycles. The van der Waals surface area contributed by atoms with Crippen LogP contribution < -0.4 is 5.32 Å². The first-order valence-electron chi connectivity index (χ1n) is 6.37. The quantitative estimate of drug-likeness (QED) is 0.781. The summed E-state index contributed by atoms with van der Waals surface area (Å²) in [5.74, 6) is -0.256. The highest BCUT2D eigenvalue weighted by molar-refractivity contribution is 9.10. The van der Waals surface area contributed by atoms with E-state index in [-0.39, 0.29) is 5.82 Å². The van der Waals surface area contributed by atoms with E-state index < -0.39 is 0 Å². The lowest BCUT2D eigenvalue weighted by molar-refractivity contribution is 0.626. The lowest BCUT2D eigenvalue weighted by Crippen LogP contribution is -2.05. The van der Waals surface area contributed by atoms with Crippen LogP contribution >= 0.6 is 15.9 Å². The summed E-state index contributed by atoms with van der Waals surface area (Å²) in [5, 5.41) is 11.2. The maximum Gasteiger partial charge on any atom is 0.124 e. The first kappa shape index (κ1) is 13.8. The minimum absolute atomic E-state index is 0.256. The van der Waals surface area contributed by atoms with Crippen LogP contribution in [0, 0.1) is 5.82 Å². The van der Waals surface area contributed by atoms with Gasteiger partial charge >= 0.3 is 0 Å². The van der Waals surface area contributed by atoms with Gasteiger partial charge in [-0.1, -0.05) is 39.3 Å². The molecular weight excluding hydrogens is 335 g/mol. The Kier molecular flexibility index (Phi) is 3.96. The lowest BCUT2D eigenvalue weighted by atomic mass is 10.2. The third-order valence-electron chi connectivity index (χ3n) is 3.06. The summed E-state index contributed by atoms with van der Waals surface area (Å²) < 4.78 is 15.5. The molecule has 0 aliphatic heterocycles. The van der Waals surface area contributed by atoms with Crippen molar-refractivity contribution >= 4 is 21.6 Å². The molecule has 0 saturated heterocycles. The number of rotatable bonds is 4. The molecule has 4 nitrogen and oxygen atoms in total. The molecule has 21 heavy (non-hydrogen) atoms. The van der Waals surface area contributed by atoms with Gasteiger partial charge in [0.2, 0.25) is 0 Å². The number of benzene rings is 2. The Balaban J connectivity index is 1.83. The standard InChI is InChI=1S/C15H12BrFN4/c16-13-9-12(17)6-5-11(13)10-18-14-3-1-2-4-15(14)21-8-7-19-20-21/h1-9,18H,10H2. The number of para-hydroxylation sites is 2. The van der Waals surface area contributed by atoms with E-state index in [1.54, 1.807) is 23.1 Å². The summed E-state index contributed by atoms with van der Waals surface area (Å²) >= 11 is 3.37. The highest BCUT2D eigenvalue weighted by Crippen LogP contribution is 2.22. The van der Waals surface area contributed by atoms with Crippen molar-refractivity contribution in [2.45, 2.75) is 6.54 Å². The Morgan fingerprint density at radius 3 is 2.81 bits per heavy atom. The molecule has 0 aliphatic carbocycles. The van der Waals surface area contributed by atoms with Crippen LogP contribution in [0.2, 0.25) is 0 Å². The SMILES string of the molecule is Fc1ccc(CNc2ccccc2-n2ccnn2)c(Br)c1. The first-order valence-corrected chi connectivity index (χ1v) is 7.17. The van der Waals surface area contributed by atoms with Crippen molar-refractivity contribution in [1.29, 1.82) is 0 Å². The molecule has 0 spiro atoms. The predicted octanol–water partition coefficient (Wildman–Crippen LogP) is 3.78. The molecule has 2 aromatic carbocycles. The summed E-state index contributed by atoms with van der Waals surface area (Å²) in [5.41, 5.74) is 2.82. The third-order valence-corrected chi connectivity index (χ3v) is 3.80. The minimum atomic E-state index is -0.256. The van der Waals surface area contributed by atoms with Gasteiger partial charge in [-0.3, -0.25) is 0 Å². The number of anilines is 1. The van der Waals surface area contributed by atoms with Crippen molar-refractivity contribution < 1.29 is 4.39 Å². The molecule has 1 aromatic heterocycles. The smallest absolute Gasteiger partial charge is 0.124 e. The number of halogens is 2. The van der Waals surface area contributed by atoms with Crippen LogP contribution in [-0.2, 0) is 6.54 Å². The van der Waals surface area contributed by atoms with E-state index in [1.807, 2.05) is 24.3 Å². The Bertz CT molecular complexity index is 743. The summed E-state index contributed by atoms with van der Waals surface area (Å²) in [7, 11) is 0. The normalized spacial score (nSPS) is 10.6. The molecule has 1 heterocycles. The number of aromatic nitrogens is 3. The number of hydrogen-bond donors (Lipinski definition) is 1. The average molecular weight is 347 g/mol. The fourth-order valence-corrected chi connectivity index (χ4v) is 2.51. The Morgan fingerprint density at radius 2 is 2.05 bits per heavy atom. The van der Waals surface area contributed by atoms with Gasteiger partial charge in [-0.2, -0.15) is 0 Å². The van der Waals surface area contributed by atoms with Crippen LogP contribution in [0.5, 0.6) is 0 Å². The molecule has 6 heteroatoms. The second-order valence-electron chi connectivity index (χ2n) is 4.45. The molecule has 0 atom stereocenters. The highest BCUT2D eigenvalue weighted by atomic mass is 79.9. The number of nitrogens with one attached hydrogen (secondary N) is 1. The molecule has 0 radical (unpaired) electrons. The number of nitrogens with zero attached hydrogens (tertiary/aromatic N) is 3. The Labute approximate surface area is 129 Å². The van der Waals surface area contributed by atoms with Crippen molar-refractivity contribution in [3.05, 3.63) is 70.7 Å². The van der Waals surface area contributed by atoms with E-state index in [2.05, 4.69) is 31.6 Å². The van der Waals surface area contributed by atoms with E-state index in [1.165, 1.54) is 12.1 Å². The van der Waals surface area contributed by atoms with Crippen molar-refractivity contribution in [2.24, 2.45) is 0 Å². The van der Waals surface area contributed by atoms with Crippen LogP contribution in [0.15, 0.2) is 59.3 Å². The monoisotopic (exact) mass is 346 g/mol. The molecule has 1 N–H and O–H groups in total. The maximum atomic E-state index is 13.1. The van der Waals surface area contributed by atoms with E-state index in [0.717, 1.165) is 21.4 Å². The highest BCUT2D eigenvalue weighted by Gasteiger charge is 2.06. The first-order chi connectivity index (χ1) is 10.2. The lowest BCUT2D eigenvalue weighted by Gasteiger charge is -2.12. The van der Waals surface area contributed by atoms with Crippen LogP contribution in [0.1, 0.15) is 5.56 Å². The summed E-state index contributed by atoms with van der Waals surface area (Å²) in [6, 6.07) is 12.5. The van der Waals surface area contributed by atoms with Gasteiger partial charge in [0, 0.05) is 11.0 Å². The second-order valence-corrected chi connectivity index (χ2v) is 5.31. The molecular formula is C15H12BrFN4. The molecule has 3 rings (SSSR count). The van der Waals surface area contributed by atoms with Crippen LogP contribution in [0.4, 0.5) is 10.1 Å². The minimum Gasteiger partial charge on any atom is -0.379 e. The van der Waals surface area contributed by atoms with Crippen LogP contribution in [0.25, 0.3) is 5.69 Å². The molecule has 106 valence electrons. The van der Waals surface area contributed by atoms with Gasteiger partial charge in [-0.25, -0.2) is 9.07 Å². The topological polar surface area (TPSA) is 42.7 Å². The van der Waals surface area contributed by atoms with Gasteiger partial charge in [0.25, 0.3) is 0 Å². The summed E-state index contributed by atoms with van der Waals surface area (Å²) in [4.78, 5) is 0. The van der Waals surface area contributed by atoms with Gasteiger partial charge < -0.3 is 5.32 Å². The Hall–Kier alpha value is -2.21. The number of hydrogen-bond acceptors (Lipinski definition) is 3. The van der Waals surface area contributed by atoms with E-state index >= 15 is 0 Å². The fourth-order valence-electron chi connectivity index (χ4n) is 2.02. The zero-order valence-electron chi connectivity index (χ0n) is 11.0. The second kappa shape index (κ2) is 6.05. The van der Waals surface area contributed by atoms with Crippen molar-refractivity contribution in [2.75, 3.05) is 5.32 Å². The zero-order valence-corrected chi connectivity index (χ0v) is 12.6. The molecule has 0 aliphatic rings. The van der Waals surface area contributed by atoms with E-state index in [9.17, 15) is 4.39 Å². The molecule has 0 fully saturated rings. The Morgan fingerprint density at radius 1 is 1.19 bits per heavy atom. The van der Waals surface area contributed by atoms with Crippen molar-refractivity contribution in [1.82, 2.24) is 15.0 Å². The average Bonchev–Trinajstić information content (AvgIpc) is 3.01. The summed E-state index contributed by atoms with van der Waals surface area (Å²) in [6.45, 7) is 0.576. The van der Waals surface area contributed by atoms with Crippen LogP contribution in [-0.4, -0.2) is 15.0 Å². The zero-order chi connectivity index (χ0) is 14.7. The van der Waals surface area contributed by atoms with Gasteiger partial charge in [0.05, 0.1) is 23.8 Å². The van der Waals surface area contributed by atoms with Gasteiger partial charge in [0.15, 0.2) is 0 Å². The van der Waals surface area contributed by atoms with E-state index in [0.29, 0.717) is 6.54 Å². The molecule has 0 unspecified atom stereocenters. The van der Waals surface area contributed by atoms with Gasteiger partial charge in [-0.05, 0) is 29.8 Å². The van der Waals surface area contributed by atoms with Gasteiger partial charge in [0.1, 0.15) is 5.82 Å². The molecule has 0 bridgehead atoms. The largest absolute Gasteiger partial charge is 0.379 e. The fraction of sp³-hybridized carbons (Fsp3) is 0.0667. The maximum absolute atomic E-state index is 13.1. The summed E-state index contributed by atoms with van der Waals surface area (Å²) in [6.07, 6.45) is 3.42. The van der Waals surface area contributed by atoms with Gasteiger partial charge in [-0.15, -0.1) is 5.10 Å². The van der Waals surface area contributed by atoms with Crippen molar-refractivity contribution in [3.8, 4) is 5.69 Å². The third kappa shape index (κ3) is 3.11. The van der Waals surface area contributed by atoms with Crippen molar-refractivity contribution in [3.63, 3.8) is 0 Å².